The molecule has 2 N–H and O–H groups in total. The van der Waals surface area contributed by atoms with Gasteiger partial charge in [0.05, 0.1) is 17.7 Å². The Bertz CT molecular complexity index is 889. The smallest absolute Gasteiger partial charge is 0.251 e. The zero-order chi connectivity index (χ0) is 20.1. The minimum absolute atomic E-state index is 0.000300. The summed E-state index contributed by atoms with van der Waals surface area (Å²) in [5.74, 6) is -0.103. The van der Waals surface area contributed by atoms with Gasteiger partial charge in [0.2, 0.25) is 10.0 Å². The molecule has 1 fully saturated rings. The highest BCUT2D eigenvalue weighted by Gasteiger charge is 2.29. The van der Waals surface area contributed by atoms with Crippen molar-refractivity contribution >= 4 is 15.9 Å². The van der Waals surface area contributed by atoms with Crippen LogP contribution < -0.4 is 5.32 Å². The van der Waals surface area contributed by atoms with E-state index in [9.17, 15) is 18.3 Å². The minimum atomic E-state index is -3.67. The van der Waals surface area contributed by atoms with Crippen molar-refractivity contribution in [3.63, 3.8) is 0 Å². The van der Waals surface area contributed by atoms with Gasteiger partial charge < -0.3 is 14.8 Å². The fraction of sp³-hybridized carbons (Fsp3) is 0.450. The van der Waals surface area contributed by atoms with Gasteiger partial charge in [0, 0.05) is 18.7 Å². The number of hydrogen-bond acceptors (Lipinski definition) is 5. The third-order valence-electron chi connectivity index (χ3n) is 5.19. The first-order chi connectivity index (χ1) is 13.4. The molecule has 1 unspecified atom stereocenters. The van der Waals surface area contributed by atoms with Crippen LogP contribution in [-0.2, 0) is 10.0 Å². The molecular formula is C20H26N2O5S. The summed E-state index contributed by atoms with van der Waals surface area (Å²) in [5, 5.41) is 12.6. The molecule has 1 heterocycles. The highest BCUT2D eigenvalue weighted by molar-refractivity contribution is 7.89. The fourth-order valence-corrected chi connectivity index (χ4v) is 4.94. The van der Waals surface area contributed by atoms with Crippen LogP contribution in [0.1, 0.15) is 54.3 Å². The molecule has 1 aromatic heterocycles. The lowest BCUT2D eigenvalue weighted by Gasteiger charge is -2.30. The van der Waals surface area contributed by atoms with Crippen LogP contribution >= 0.6 is 0 Å². The molecule has 1 amide bonds. The van der Waals surface area contributed by atoms with Gasteiger partial charge in [-0.2, -0.15) is 4.31 Å². The van der Waals surface area contributed by atoms with E-state index in [1.165, 1.54) is 22.7 Å². The molecule has 2 aromatic rings. The van der Waals surface area contributed by atoms with Crippen LogP contribution in [0.4, 0.5) is 0 Å². The number of rotatable bonds is 7. The van der Waals surface area contributed by atoms with Gasteiger partial charge in [-0.15, -0.1) is 0 Å². The highest BCUT2D eigenvalue weighted by atomic mass is 32.2. The first kappa shape index (κ1) is 20.6. The molecule has 0 aliphatic heterocycles. The molecule has 0 bridgehead atoms. The molecule has 7 nitrogen and oxygen atoms in total. The zero-order valence-electron chi connectivity index (χ0n) is 15.9. The first-order valence-electron chi connectivity index (χ1n) is 9.47. The summed E-state index contributed by atoms with van der Waals surface area (Å²) in [7, 11) is -2.06. The summed E-state index contributed by atoms with van der Waals surface area (Å²) >= 11 is 0. The number of sulfonamides is 1. The van der Waals surface area contributed by atoms with Crippen molar-refractivity contribution in [1.29, 1.82) is 0 Å². The number of benzene rings is 1. The zero-order valence-corrected chi connectivity index (χ0v) is 16.7. The lowest BCUT2D eigenvalue weighted by molar-refractivity contribution is 0.0901. The molecule has 0 spiro atoms. The predicted molar refractivity (Wildman–Crippen MR) is 104 cm³/mol. The van der Waals surface area contributed by atoms with Crippen LogP contribution in [0.15, 0.2) is 52.0 Å². The number of carbonyl (C=O) groups is 1. The van der Waals surface area contributed by atoms with Gasteiger partial charge in [0.15, 0.2) is 0 Å². The number of furan rings is 1. The van der Waals surface area contributed by atoms with Crippen LogP contribution in [0, 0.1) is 0 Å². The Morgan fingerprint density at radius 1 is 1.25 bits per heavy atom. The Morgan fingerprint density at radius 3 is 2.68 bits per heavy atom. The second-order valence-electron chi connectivity index (χ2n) is 7.08. The van der Waals surface area contributed by atoms with Crippen LogP contribution in [0.2, 0.25) is 0 Å². The largest absolute Gasteiger partial charge is 0.467 e. The summed E-state index contributed by atoms with van der Waals surface area (Å²) in [5.41, 5.74) is 0.227. The van der Waals surface area contributed by atoms with Gasteiger partial charge in [0.1, 0.15) is 11.9 Å². The molecule has 1 atom stereocenters. The maximum absolute atomic E-state index is 13.0. The van der Waals surface area contributed by atoms with Gasteiger partial charge in [0.25, 0.3) is 5.91 Å². The van der Waals surface area contributed by atoms with Crippen LogP contribution in [0.3, 0.4) is 0 Å². The molecular weight excluding hydrogens is 380 g/mol. The molecule has 28 heavy (non-hydrogen) atoms. The summed E-state index contributed by atoms with van der Waals surface area (Å²) in [6, 6.07) is 9.25. The molecule has 1 aliphatic rings. The maximum Gasteiger partial charge on any atom is 0.251 e. The monoisotopic (exact) mass is 406 g/mol. The van der Waals surface area contributed by atoms with E-state index in [2.05, 4.69) is 5.32 Å². The van der Waals surface area contributed by atoms with Crippen molar-refractivity contribution in [3.05, 3.63) is 54.0 Å². The normalized spacial score (nSPS) is 16.8. The van der Waals surface area contributed by atoms with Crippen molar-refractivity contribution in [1.82, 2.24) is 9.62 Å². The highest BCUT2D eigenvalue weighted by Crippen LogP contribution is 2.26. The van der Waals surface area contributed by atoms with Crippen LogP contribution in [0.5, 0.6) is 0 Å². The van der Waals surface area contributed by atoms with E-state index in [1.54, 1.807) is 31.3 Å². The number of aliphatic hydroxyl groups excluding tert-OH is 1. The molecule has 3 rings (SSSR count). The standard InChI is InChI=1S/C20H26N2O5S/c1-22(16-8-3-2-4-9-16)28(25,26)17-10-5-7-15(13-17)20(24)21-14-18(23)19-11-6-12-27-19/h5-7,10-13,16,18,23H,2-4,8-9,14H2,1H3,(H,21,24). The molecule has 1 saturated carbocycles. The van der Waals surface area contributed by atoms with Crippen LogP contribution in [-0.4, -0.2) is 43.4 Å². The average molecular weight is 407 g/mol. The second-order valence-corrected chi connectivity index (χ2v) is 9.08. The molecule has 1 aromatic carbocycles. The summed E-state index contributed by atoms with van der Waals surface area (Å²) in [6.07, 6.45) is 5.40. The third-order valence-corrected chi connectivity index (χ3v) is 7.10. The Kier molecular flexibility index (Phi) is 6.53. The summed E-state index contributed by atoms with van der Waals surface area (Å²) in [4.78, 5) is 12.5. The Hall–Kier alpha value is -2.16. The number of aliphatic hydroxyl groups is 1. The number of carbonyl (C=O) groups excluding carboxylic acids is 1. The van der Waals surface area contributed by atoms with Gasteiger partial charge >= 0.3 is 0 Å². The Morgan fingerprint density at radius 2 is 2.00 bits per heavy atom. The fourth-order valence-electron chi connectivity index (χ4n) is 3.48. The summed E-state index contributed by atoms with van der Waals surface area (Å²) in [6.45, 7) is -0.0364. The van der Waals surface area contributed by atoms with Gasteiger partial charge in [-0.3, -0.25) is 4.79 Å². The number of nitrogens with one attached hydrogen (secondary N) is 1. The van der Waals surface area contributed by atoms with Crippen molar-refractivity contribution in [2.75, 3.05) is 13.6 Å². The van der Waals surface area contributed by atoms with E-state index in [4.69, 9.17) is 4.42 Å². The maximum atomic E-state index is 13.0. The Balaban J connectivity index is 1.69. The van der Waals surface area contributed by atoms with Gasteiger partial charge in [-0.1, -0.05) is 25.3 Å². The first-order valence-corrected chi connectivity index (χ1v) is 10.9. The van der Waals surface area contributed by atoms with Crippen molar-refractivity contribution in [3.8, 4) is 0 Å². The summed E-state index contributed by atoms with van der Waals surface area (Å²) < 4.78 is 32.5. The van der Waals surface area contributed by atoms with E-state index in [-0.39, 0.29) is 23.0 Å². The molecule has 0 radical (unpaired) electrons. The second kappa shape index (κ2) is 8.89. The number of nitrogens with zero attached hydrogens (tertiary/aromatic N) is 1. The lowest BCUT2D eigenvalue weighted by atomic mass is 9.96. The molecule has 8 heteroatoms. The quantitative estimate of drug-likeness (QED) is 0.736. The van der Waals surface area contributed by atoms with Crippen molar-refractivity contribution < 1.29 is 22.7 Å². The molecule has 0 saturated heterocycles. The van der Waals surface area contributed by atoms with E-state index in [0.29, 0.717) is 5.76 Å². The minimum Gasteiger partial charge on any atom is -0.467 e. The van der Waals surface area contributed by atoms with E-state index in [1.807, 2.05) is 0 Å². The average Bonchev–Trinajstić information content (AvgIpc) is 3.27. The molecule has 1 aliphatic carbocycles. The van der Waals surface area contributed by atoms with Gasteiger partial charge in [-0.05, 0) is 43.2 Å². The Labute approximate surface area is 165 Å². The van der Waals surface area contributed by atoms with E-state index < -0.39 is 22.0 Å². The van der Waals surface area contributed by atoms with Gasteiger partial charge in [-0.25, -0.2) is 8.42 Å². The SMILES string of the molecule is CN(C1CCCCC1)S(=O)(=O)c1cccc(C(=O)NCC(O)c2ccco2)c1. The lowest BCUT2D eigenvalue weighted by Crippen LogP contribution is -2.38. The number of hydrogen-bond donors (Lipinski definition) is 2. The van der Waals surface area contributed by atoms with E-state index >= 15 is 0 Å². The van der Waals surface area contributed by atoms with Crippen molar-refractivity contribution in [2.24, 2.45) is 0 Å². The van der Waals surface area contributed by atoms with E-state index in [0.717, 1.165) is 32.1 Å². The molecule has 152 valence electrons. The van der Waals surface area contributed by atoms with Crippen molar-refractivity contribution in [2.45, 2.75) is 49.1 Å². The topological polar surface area (TPSA) is 99.9 Å². The third kappa shape index (κ3) is 4.63. The van der Waals surface area contributed by atoms with Crippen LogP contribution in [0.25, 0.3) is 0 Å². The predicted octanol–water partition coefficient (Wildman–Crippen LogP) is 2.70. The number of amides is 1.